The second kappa shape index (κ2) is 12.2. The van der Waals surface area contributed by atoms with E-state index in [4.69, 9.17) is 23.2 Å². The molecule has 0 bridgehead atoms. The van der Waals surface area contributed by atoms with Crippen molar-refractivity contribution in [3.05, 3.63) is 69.7 Å². The van der Waals surface area contributed by atoms with Crippen LogP contribution in [-0.4, -0.2) is 72.3 Å². The van der Waals surface area contributed by atoms with Gasteiger partial charge in [-0.1, -0.05) is 47.5 Å². The molecule has 0 aromatic heterocycles. The highest BCUT2D eigenvalue weighted by molar-refractivity contribution is 6.42. The topological polar surface area (TPSA) is 43.9 Å². The van der Waals surface area contributed by atoms with Gasteiger partial charge in [0, 0.05) is 57.2 Å². The van der Waals surface area contributed by atoms with Gasteiger partial charge in [-0.15, -0.1) is 0 Å². The molecule has 7 heteroatoms. The van der Waals surface area contributed by atoms with Crippen LogP contribution in [0, 0.1) is 0 Å². The Hall–Kier alpha value is -2.08. The van der Waals surface area contributed by atoms with Crippen LogP contribution in [0.3, 0.4) is 0 Å². The van der Waals surface area contributed by atoms with Crippen LogP contribution in [-0.2, 0) is 4.79 Å². The van der Waals surface area contributed by atoms with Gasteiger partial charge in [0.15, 0.2) is 0 Å². The molecule has 2 aliphatic heterocycles. The van der Waals surface area contributed by atoms with Crippen LogP contribution in [0.4, 0.5) is 0 Å². The quantitative estimate of drug-likeness (QED) is 0.451. The molecule has 0 radical (unpaired) electrons. The summed E-state index contributed by atoms with van der Waals surface area (Å²) < 4.78 is 0. The summed E-state index contributed by atoms with van der Waals surface area (Å²) in [6.45, 7) is 4.47. The smallest absolute Gasteiger partial charge is 0.253 e. The summed E-state index contributed by atoms with van der Waals surface area (Å²) in [6.07, 6.45) is 5.86. The first-order valence-electron chi connectivity index (χ1n) is 12.7. The fourth-order valence-electron chi connectivity index (χ4n) is 5.35. The van der Waals surface area contributed by atoms with Gasteiger partial charge in [-0.25, -0.2) is 0 Å². The predicted octanol–water partition coefficient (Wildman–Crippen LogP) is 5.72. The van der Waals surface area contributed by atoms with Crippen LogP contribution >= 0.6 is 23.2 Å². The number of nitrogens with zero attached hydrogens (tertiary/aromatic N) is 3. The number of hydrogen-bond donors (Lipinski definition) is 0. The van der Waals surface area contributed by atoms with Gasteiger partial charge in [0.2, 0.25) is 5.91 Å². The van der Waals surface area contributed by atoms with E-state index in [0.29, 0.717) is 40.5 Å². The maximum atomic E-state index is 13.0. The van der Waals surface area contributed by atoms with Gasteiger partial charge in [-0.3, -0.25) is 9.59 Å². The number of hydrogen-bond acceptors (Lipinski definition) is 3. The average Bonchev–Trinajstić information content (AvgIpc) is 2.89. The number of benzene rings is 2. The van der Waals surface area contributed by atoms with Crippen LogP contribution < -0.4 is 0 Å². The molecule has 188 valence electrons. The Morgan fingerprint density at radius 1 is 1.03 bits per heavy atom. The van der Waals surface area contributed by atoms with Gasteiger partial charge in [0.1, 0.15) is 0 Å². The molecule has 2 aromatic rings. The molecule has 0 N–H and O–H groups in total. The van der Waals surface area contributed by atoms with E-state index in [1.165, 1.54) is 0 Å². The molecular weight excluding hydrogens is 481 g/mol. The fourth-order valence-corrected chi connectivity index (χ4v) is 5.66. The van der Waals surface area contributed by atoms with Crippen molar-refractivity contribution in [3.63, 3.8) is 0 Å². The van der Waals surface area contributed by atoms with Crippen LogP contribution in [0.5, 0.6) is 0 Å². The van der Waals surface area contributed by atoms with Gasteiger partial charge in [0.05, 0.1) is 10.0 Å². The Balaban J connectivity index is 1.38. The van der Waals surface area contributed by atoms with Crippen molar-refractivity contribution in [2.45, 2.75) is 50.5 Å². The molecule has 2 aliphatic rings. The van der Waals surface area contributed by atoms with Crippen molar-refractivity contribution in [2.75, 3.05) is 39.8 Å². The summed E-state index contributed by atoms with van der Waals surface area (Å²) in [5.74, 6) is 0.493. The lowest BCUT2D eigenvalue weighted by Crippen LogP contribution is -2.49. The summed E-state index contributed by atoms with van der Waals surface area (Å²) in [5.41, 5.74) is 1.79. The monoisotopic (exact) mass is 515 g/mol. The molecule has 0 saturated carbocycles. The van der Waals surface area contributed by atoms with Crippen LogP contribution in [0.15, 0.2) is 48.5 Å². The molecular formula is C28H35Cl2N3O2. The predicted molar refractivity (Wildman–Crippen MR) is 142 cm³/mol. The van der Waals surface area contributed by atoms with Crippen LogP contribution in [0.25, 0.3) is 0 Å². The van der Waals surface area contributed by atoms with Crippen molar-refractivity contribution >= 4 is 35.0 Å². The SMILES string of the molecule is CN(C[C@@H](CCN1CCC(N2CCCCC2=O)CC1)c1ccc(Cl)c(Cl)c1)C(=O)c1ccccc1. The van der Waals surface area contributed by atoms with E-state index in [2.05, 4.69) is 9.80 Å². The molecule has 2 fully saturated rings. The number of likely N-dealkylation sites (N-methyl/N-ethyl adjacent to an activating group) is 1. The zero-order chi connectivity index (χ0) is 24.8. The number of amides is 2. The van der Waals surface area contributed by atoms with E-state index in [1.54, 1.807) is 4.90 Å². The molecule has 2 amide bonds. The molecule has 4 rings (SSSR count). The summed E-state index contributed by atoms with van der Waals surface area (Å²) in [6, 6.07) is 15.6. The van der Waals surface area contributed by atoms with Gasteiger partial charge < -0.3 is 14.7 Å². The van der Waals surface area contributed by atoms with Gasteiger partial charge >= 0.3 is 0 Å². The summed E-state index contributed by atoms with van der Waals surface area (Å²) in [4.78, 5) is 31.7. The molecule has 2 heterocycles. The largest absolute Gasteiger partial charge is 0.341 e. The second-order valence-electron chi connectivity index (χ2n) is 9.83. The lowest BCUT2D eigenvalue weighted by molar-refractivity contribution is -0.136. The first-order chi connectivity index (χ1) is 16.9. The highest BCUT2D eigenvalue weighted by atomic mass is 35.5. The minimum absolute atomic E-state index is 0.0164. The normalized spacial score (nSPS) is 18.5. The van der Waals surface area contributed by atoms with Crippen LogP contribution in [0.2, 0.25) is 10.0 Å². The minimum Gasteiger partial charge on any atom is -0.341 e. The Morgan fingerprint density at radius 2 is 1.77 bits per heavy atom. The van der Waals surface area contributed by atoms with E-state index in [-0.39, 0.29) is 11.8 Å². The van der Waals surface area contributed by atoms with E-state index in [0.717, 1.165) is 63.8 Å². The van der Waals surface area contributed by atoms with Gasteiger partial charge in [-0.2, -0.15) is 0 Å². The molecule has 0 unspecified atom stereocenters. The number of likely N-dealkylation sites (tertiary alicyclic amines) is 2. The van der Waals surface area contributed by atoms with Crippen molar-refractivity contribution in [3.8, 4) is 0 Å². The Morgan fingerprint density at radius 3 is 2.46 bits per heavy atom. The minimum atomic E-state index is 0.0164. The van der Waals surface area contributed by atoms with E-state index in [1.807, 2.05) is 55.6 Å². The summed E-state index contributed by atoms with van der Waals surface area (Å²) in [5, 5.41) is 1.08. The standard InChI is InChI=1S/C28H35Cl2N3O2/c1-31(28(35)21-7-3-2-4-8-21)20-23(22-10-11-25(29)26(30)19-22)12-16-32-17-13-24(14-18-32)33-15-6-5-9-27(33)34/h2-4,7-8,10-11,19,23-24H,5-6,9,12-18,20H2,1H3/t23-/m1/s1. The zero-order valence-corrected chi connectivity index (χ0v) is 22.0. The molecule has 0 spiro atoms. The third-order valence-electron chi connectivity index (χ3n) is 7.43. The van der Waals surface area contributed by atoms with Crippen molar-refractivity contribution in [1.29, 1.82) is 0 Å². The van der Waals surface area contributed by atoms with E-state index in [9.17, 15) is 9.59 Å². The van der Waals surface area contributed by atoms with Crippen molar-refractivity contribution < 1.29 is 9.59 Å². The number of rotatable bonds is 8. The van der Waals surface area contributed by atoms with E-state index < -0.39 is 0 Å². The maximum absolute atomic E-state index is 13.0. The van der Waals surface area contributed by atoms with Gasteiger partial charge in [-0.05, 0) is 68.5 Å². The number of carbonyl (C=O) groups excluding carboxylic acids is 2. The lowest BCUT2D eigenvalue weighted by Gasteiger charge is -2.40. The third-order valence-corrected chi connectivity index (χ3v) is 8.17. The van der Waals surface area contributed by atoms with Crippen molar-refractivity contribution in [1.82, 2.24) is 14.7 Å². The average molecular weight is 517 g/mol. The maximum Gasteiger partial charge on any atom is 0.253 e. The summed E-state index contributed by atoms with van der Waals surface area (Å²) in [7, 11) is 1.86. The Kier molecular flexibility index (Phi) is 9.10. The first kappa shape index (κ1) is 26.0. The number of piperidine rings is 2. The Labute approximate surface area is 219 Å². The van der Waals surface area contributed by atoms with Gasteiger partial charge in [0.25, 0.3) is 5.91 Å². The van der Waals surface area contributed by atoms with E-state index >= 15 is 0 Å². The fraction of sp³-hybridized carbons (Fsp3) is 0.500. The highest BCUT2D eigenvalue weighted by Gasteiger charge is 2.29. The summed E-state index contributed by atoms with van der Waals surface area (Å²) >= 11 is 12.5. The molecule has 1 atom stereocenters. The Bertz CT molecular complexity index is 1010. The number of carbonyl (C=O) groups is 2. The molecule has 0 aliphatic carbocycles. The first-order valence-corrected chi connectivity index (χ1v) is 13.4. The number of halogens is 2. The zero-order valence-electron chi connectivity index (χ0n) is 20.5. The molecule has 5 nitrogen and oxygen atoms in total. The highest BCUT2D eigenvalue weighted by Crippen LogP contribution is 2.30. The third kappa shape index (κ3) is 6.78. The van der Waals surface area contributed by atoms with Crippen LogP contribution in [0.1, 0.15) is 60.4 Å². The van der Waals surface area contributed by atoms with Crippen molar-refractivity contribution in [2.24, 2.45) is 0 Å². The second-order valence-corrected chi connectivity index (χ2v) is 10.6. The molecule has 35 heavy (non-hydrogen) atoms. The lowest BCUT2D eigenvalue weighted by atomic mass is 9.93. The molecule has 2 saturated heterocycles. The molecule has 2 aromatic carbocycles.